The second kappa shape index (κ2) is 14.1. The third-order valence-electron chi connectivity index (χ3n) is 4.44. The van der Waals surface area contributed by atoms with E-state index in [0.717, 1.165) is 5.56 Å². The number of carboxylic acids is 1. The van der Waals surface area contributed by atoms with E-state index in [1.54, 1.807) is 0 Å². The average molecular weight is 437 g/mol. The van der Waals surface area contributed by atoms with Crippen LogP contribution in [-0.2, 0) is 25.6 Å². The van der Waals surface area contributed by atoms with Crippen molar-refractivity contribution in [1.29, 1.82) is 0 Å². The van der Waals surface area contributed by atoms with Gasteiger partial charge in [-0.25, -0.2) is 0 Å². The molecule has 3 amide bonds. The molecule has 0 aliphatic carbocycles. The molecule has 0 saturated heterocycles. The number of benzene rings is 1. The lowest BCUT2D eigenvalue weighted by atomic mass is 10.1. The lowest BCUT2D eigenvalue weighted by Crippen LogP contribution is -2.57. The maximum Gasteiger partial charge on any atom is 0.322 e. The van der Waals surface area contributed by atoms with Crippen molar-refractivity contribution in [1.82, 2.24) is 16.0 Å². The largest absolute Gasteiger partial charge is 0.480 e. The molecule has 0 heterocycles. The first-order valence-corrected chi connectivity index (χ1v) is 9.99. The Kier molecular flexibility index (Phi) is 11.8. The molecule has 9 N–H and O–H groups in total. The molecular weight excluding hydrogens is 406 g/mol. The molecule has 1 aromatic rings. The molecule has 0 saturated carbocycles. The van der Waals surface area contributed by atoms with Crippen molar-refractivity contribution in [3.63, 3.8) is 0 Å². The Morgan fingerprint density at radius 1 is 0.935 bits per heavy atom. The molecule has 31 heavy (non-hydrogen) atoms. The van der Waals surface area contributed by atoms with Crippen LogP contribution in [0.3, 0.4) is 0 Å². The number of hydrogen-bond donors (Lipinski definition) is 7. The maximum atomic E-state index is 12.5. The number of rotatable bonds is 14. The van der Waals surface area contributed by atoms with Gasteiger partial charge in [0.25, 0.3) is 0 Å². The van der Waals surface area contributed by atoms with Crippen LogP contribution >= 0.6 is 0 Å². The second-order valence-electron chi connectivity index (χ2n) is 7.00. The summed E-state index contributed by atoms with van der Waals surface area (Å²) in [6.45, 7) is -0.912. The summed E-state index contributed by atoms with van der Waals surface area (Å²) in [6.07, 6.45) is 1.58. The number of carbonyl (C=O) groups excluding carboxylic acids is 3. The Morgan fingerprint density at radius 3 is 2.16 bits per heavy atom. The molecule has 0 spiro atoms. The van der Waals surface area contributed by atoms with Crippen LogP contribution in [0.25, 0.3) is 0 Å². The summed E-state index contributed by atoms with van der Waals surface area (Å²) >= 11 is 0. The first-order chi connectivity index (χ1) is 14.8. The number of nitrogens with one attached hydrogen (secondary N) is 3. The predicted octanol–water partition coefficient (Wildman–Crippen LogP) is -2.15. The van der Waals surface area contributed by atoms with Crippen molar-refractivity contribution in [2.24, 2.45) is 11.5 Å². The number of amides is 3. The topological polar surface area (TPSA) is 197 Å². The molecule has 0 aromatic heterocycles. The standard InChI is InChI=1S/C20H31N5O6/c21-9-5-4-8-15(19(30)23-11-17(27)28)24-20(31)16(12-26)25-18(29)14(22)10-13-6-2-1-3-7-13/h1-3,6-7,14-16,26H,4-5,8-12,21-22H2,(H,23,30)(H,24,31)(H,25,29)(H,27,28). The summed E-state index contributed by atoms with van der Waals surface area (Å²) in [6, 6.07) is 5.77. The van der Waals surface area contributed by atoms with E-state index in [2.05, 4.69) is 16.0 Å². The van der Waals surface area contributed by atoms with Gasteiger partial charge in [0.2, 0.25) is 17.7 Å². The quantitative estimate of drug-likeness (QED) is 0.160. The fraction of sp³-hybridized carbons (Fsp3) is 0.500. The van der Waals surface area contributed by atoms with Crippen molar-refractivity contribution in [2.75, 3.05) is 19.7 Å². The molecule has 1 rings (SSSR count). The van der Waals surface area contributed by atoms with Crippen LogP contribution in [0.4, 0.5) is 0 Å². The summed E-state index contributed by atoms with van der Waals surface area (Å²) in [5.74, 6) is -3.33. The molecule has 1 aromatic carbocycles. The maximum absolute atomic E-state index is 12.5. The average Bonchev–Trinajstić information content (AvgIpc) is 2.75. The Bertz CT molecular complexity index is 730. The van der Waals surface area contributed by atoms with E-state index in [4.69, 9.17) is 16.6 Å². The van der Waals surface area contributed by atoms with Crippen molar-refractivity contribution in [3.8, 4) is 0 Å². The number of nitrogens with two attached hydrogens (primary N) is 2. The number of carbonyl (C=O) groups is 4. The Labute approximate surface area is 180 Å². The van der Waals surface area contributed by atoms with Gasteiger partial charge in [-0.2, -0.15) is 0 Å². The molecular formula is C20H31N5O6. The molecule has 3 atom stereocenters. The van der Waals surface area contributed by atoms with Gasteiger partial charge in [-0.15, -0.1) is 0 Å². The number of aliphatic hydroxyl groups excluding tert-OH is 1. The number of aliphatic carboxylic acids is 1. The highest BCUT2D eigenvalue weighted by molar-refractivity contribution is 5.93. The van der Waals surface area contributed by atoms with Crippen molar-refractivity contribution < 1.29 is 29.4 Å². The number of hydrogen-bond acceptors (Lipinski definition) is 7. The van der Waals surface area contributed by atoms with Crippen LogP contribution < -0.4 is 27.4 Å². The zero-order valence-electron chi connectivity index (χ0n) is 17.3. The Morgan fingerprint density at radius 2 is 1.58 bits per heavy atom. The van der Waals surface area contributed by atoms with Crippen molar-refractivity contribution >= 4 is 23.7 Å². The van der Waals surface area contributed by atoms with Crippen LogP contribution in [0.1, 0.15) is 24.8 Å². The van der Waals surface area contributed by atoms with Gasteiger partial charge in [0, 0.05) is 0 Å². The molecule has 0 fully saturated rings. The SMILES string of the molecule is NCCCCC(NC(=O)C(CO)NC(=O)C(N)Cc1ccccc1)C(=O)NCC(=O)O. The summed E-state index contributed by atoms with van der Waals surface area (Å²) < 4.78 is 0. The lowest BCUT2D eigenvalue weighted by Gasteiger charge is -2.23. The summed E-state index contributed by atoms with van der Waals surface area (Å²) in [4.78, 5) is 47.8. The first-order valence-electron chi connectivity index (χ1n) is 9.99. The fourth-order valence-corrected chi connectivity index (χ4v) is 2.75. The highest BCUT2D eigenvalue weighted by Gasteiger charge is 2.27. The van der Waals surface area contributed by atoms with Gasteiger partial charge in [0.15, 0.2) is 0 Å². The van der Waals surface area contributed by atoms with Crippen LogP contribution in [0.15, 0.2) is 30.3 Å². The zero-order valence-corrected chi connectivity index (χ0v) is 17.3. The van der Waals surface area contributed by atoms with Gasteiger partial charge in [0.05, 0.1) is 12.6 Å². The van der Waals surface area contributed by atoms with E-state index < -0.39 is 55.0 Å². The minimum absolute atomic E-state index is 0.216. The minimum Gasteiger partial charge on any atom is -0.480 e. The Balaban J connectivity index is 2.70. The first kappa shape index (κ1) is 26.0. The van der Waals surface area contributed by atoms with Crippen molar-refractivity contribution in [2.45, 2.75) is 43.8 Å². The predicted molar refractivity (Wildman–Crippen MR) is 113 cm³/mol. The molecule has 0 aliphatic heterocycles. The van der Waals surface area contributed by atoms with Crippen LogP contribution in [0.2, 0.25) is 0 Å². The molecule has 0 bridgehead atoms. The van der Waals surface area contributed by atoms with E-state index >= 15 is 0 Å². The van der Waals surface area contributed by atoms with E-state index in [-0.39, 0.29) is 12.8 Å². The summed E-state index contributed by atoms with van der Waals surface area (Å²) in [7, 11) is 0. The van der Waals surface area contributed by atoms with E-state index in [1.807, 2.05) is 30.3 Å². The molecule has 3 unspecified atom stereocenters. The normalized spacial score (nSPS) is 13.5. The molecule has 172 valence electrons. The number of aliphatic hydroxyl groups is 1. The van der Waals surface area contributed by atoms with Crippen LogP contribution in [0, 0.1) is 0 Å². The van der Waals surface area contributed by atoms with Crippen LogP contribution in [-0.4, -0.2) is 71.7 Å². The van der Waals surface area contributed by atoms with Gasteiger partial charge in [0.1, 0.15) is 18.6 Å². The monoisotopic (exact) mass is 437 g/mol. The number of carboxylic acid groups (broad SMARTS) is 1. The van der Waals surface area contributed by atoms with Crippen molar-refractivity contribution in [3.05, 3.63) is 35.9 Å². The highest BCUT2D eigenvalue weighted by Crippen LogP contribution is 2.04. The highest BCUT2D eigenvalue weighted by atomic mass is 16.4. The molecule has 0 aliphatic rings. The smallest absolute Gasteiger partial charge is 0.322 e. The molecule has 11 nitrogen and oxygen atoms in total. The third-order valence-corrected chi connectivity index (χ3v) is 4.44. The van der Waals surface area contributed by atoms with Gasteiger partial charge in [-0.05, 0) is 37.8 Å². The third kappa shape index (κ3) is 10.0. The van der Waals surface area contributed by atoms with Gasteiger partial charge in [-0.1, -0.05) is 30.3 Å². The summed E-state index contributed by atoms with van der Waals surface area (Å²) in [5.41, 5.74) is 12.2. The zero-order chi connectivity index (χ0) is 23.2. The second-order valence-corrected chi connectivity index (χ2v) is 7.00. The van der Waals surface area contributed by atoms with Gasteiger partial charge < -0.3 is 37.6 Å². The van der Waals surface area contributed by atoms with Gasteiger partial charge in [-0.3, -0.25) is 19.2 Å². The molecule has 0 radical (unpaired) electrons. The van der Waals surface area contributed by atoms with Gasteiger partial charge >= 0.3 is 5.97 Å². The van der Waals surface area contributed by atoms with Crippen LogP contribution in [0.5, 0.6) is 0 Å². The minimum atomic E-state index is -1.32. The lowest BCUT2D eigenvalue weighted by molar-refractivity contribution is -0.138. The summed E-state index contributed by atoms with van der Waals surface area (Å²) in [5, 5.41) is 25.3. The number of unbranched alkanes of at least 4 members (excludes halogenated alkanes) is 1. The van der Waals surface area contributed by atoms with E-state index in [0.29, 0.717) is 19.4 Å². The Hall–Kier alpha value is -3.02. The van der Waals surface area contributed by atoms with E-state index in [1.165, 1.54) is 0 Å². The fourth-order valence-electron chi connectivity index (χ4n) is 2.75. The molecule has 11 heteroatoms. The van der Waals surface area contributed by atoms with E-state index in [9.17, 15) is 24.3 Å².